The fourth-order valence-corrected chi connectivity index (χ4v) is 2.38. The van der Waals surface area contributed by atoms with Crippen LogP contribution in [0.4, 0.5) is 4.39 Å². The molecule has 0 bridgehead atoms. The first-order valence-corrected chi connectivity index (χ1v) is 5.08. The number of thiophene rings is 1. The number of nitrogens with two attached hydrogens (primary N) is 1. The monoisotopic (exact) mass is 211 g/mol. The predicted octanol–water partition coefficient (Wildman–Crippen LogP) is 2.03. The number of hydrogen-bond donors (Lipinski definition) is 2. The molecule has 1 aromatic heterocycles. The Labute approximate surface area is 84.8 Å². The molecule has 0 amide bonds. The van der Waals surface area contributed by atoms with Crippen molar-refractivity contribution in [3.8, 4) is 0 Å². The molecule has 0 aliphatic rings. The van der Waals surface area contributed by atoms with Crippen molar-refractivity contribution in [1.29, 1.82) is 0 Å². The van der Waals surface area contributed by atoms with Crippen LogP contribution in [0, 0.1) is 5.82 Å². The zero-order valence-electron chi connectivity index (χ0n) is 7.40. The van der Waals surface area contributed by atoms with Crippen molar-refractivity contribution in [2.24, 2.45) is 5.73 Å². The second-order valence-corrected chi connectivity index (χ2v) is 4.18. The van der Waals surface area contributed by atoms with Gasteiger partial charge in [-0.1, -0.05) is 12.1 Å². The van der Waals surface area contributed by atoms with E-state index in [4.69, 9.17) is 10.8 Å². The van der Waals surface area contributed by atoms with Crippen molar-refractivity contribution in [1.82, 2.24) is 0 Å². The summed E-state index contributed by atoms with van der Waals surface area (Å²) in [6.45, 7) is -0.117. The summed E-state index contributed by atoms with van der Waals surface area (Å²) in [5.41, 5.74) is 5.65. The van der Waals surface area contributed by atoms with Gasteiger partial charge in [0.25, 0.3) is 0 Å². The summed E-state index contributed by atoms with van der Waals surface area (Å²) in [5, 5.41) is 9.71. The summed E-state index contributed by atoms with van der Waals surface area (Å²) in [6, 6.07) is 6.34. The molecule has 2 aromatic rings. The molecule has 1 aromatic carbocycles. The number of aliphatic hydroxyl groups excluding tert-OH is 1. The van der Waals surface area contributed by atoms with Crippen LogP contribution in [0.25, 0.3) is 10.1 Å². The van der Waals surface area contributed by atoms with Gasteiger partial charge in [0, 0.05) is 4.88 Å². The Morgan fingerprint density at radius 2 is 2.29 bits per heavy atom. The van der Waals surface area contributed by atoms with Crippen LogP contribution in [0.5, 0.6) is 0 Å². The van der Waals surface area contributed by atoms with Crippen LogP contribution < -0.4 is 5.73 Å². The maximum Gasteiger partial charge on any atom is 0.140 e. The third-order valence-electron chi connectivity index (χ3n) is 2.08. The van der Waals surface area contributed by atoms with Crippen LogP contribution in [0.3, 0.4) is 0 Å². The average Bonchev–Trinajstić information content (AvgIpc) is 2.62. The molecule has 0 unspecified atom stereocenters. The highest BCUT2D eigenvalue weighted by molar-refractivity contribution is 7.19. The standard InChI is InChI=1S/C10H10FNOS/c11-7-3-1-2-6-4-9(8(12)5-13)14-10(6)7/h1-4,8,13H,5,12H2/t8-/m1/s1. The van der Waals surface area contributed by atoms with Crippen LogP contribution in [-0.4, -0.2) is 11.7 Å². The molecule has 0 aliphatic heterocycles. The molecule has 3 N–H and O–H groups in total. The smallest absolute Gasteiger partial charge is 0.140 e. The molecule has 74 valence electrons. The number of fused-ring (bicyclic) bond motifs is 1. The van der Waals surface area contributed by atoms with E-state index in [2.05, 4.69) is 0 Å². The molecule has 0 radical (unpaired) electrons. The molecule has 1 atom stereocenters. The Morgan fingerprint density at radius 1 is 1.50 bits per heavy atom. The van der Waals surface area contributed by atoms with Crippen LogP contribution in [0.2, 0.25) is 0 Å². The molecule has 1 heterocycles. The molecule has 14 heavy (non-hydrogen) atoms. The van der Waals surface area contributed by atoms with Crippen LogP contribution in [0.15, 0.2) is 24.3 Å². The number of aliphatic hydroxyl groups is 1. The molecule has 0 aliphatic carbocycles. The van der Waals surface area contributed by atoms with Crippen LogP contribution in [-0.2, 0) is 0 Å². The number of halogens is 1. The van der Waals surface area contributed by atoms with E-state index in [0.29, 0.717) is 4.70 Å². The Balaban J connectivity index is 2.56. The number of rotatable bonds is 2. The maximum absolute atomic E-state index is 13.3. The SMILES string of the molecule is N[C@H](CO)c1cc2cccc(F)c2s1. The lowest BCUT2D eigenvalue weighted by molar-refractivity contribution is 0.269. The maximum atomic E-state index is 13.3. The third kappa shape index (κ3) is 1.52. The van der Waals surface area contributed by atoms with E-state index in [9.17, 15) is 4.39 Å². The van der Waals surface area contributed by atoms with Gasteiger partial charge in [0.2, 0.25) is 0 Å². The van der Waals surface area contributed by atoms with Gasteiger partial charge in [-0.05, 0) is 17.5 Å². The molecule has 0 saturated carbocycles. The van der Waals surface area contributed by atoms with Gasteiger partial charge >= 0.3 is 0 Å². The largest absolute Gasteiger partial charge is 0.394 e. The molecule has 4 heteroatoms. The topological polar surface area (TPSA) is 46.2 Å². The number of hydrogen-bond acceptors (Lipinski definition) is 3. The summed E-state index contributed by atoms with van der Waals surface area (Å²) in [6.07, 6.45) is 0. The van der Waals surface area contributed by atoms with E-state index in [1.54, 1.807) is 6.07 Å². The fourth-order valence-electron chi connectivity index (χ4n) is 1.32. The van der Waals surface area contributed by atoms with E-state index >= 15 is 0 Å². The van der Waals surface area contributed by atoms with Crippen molar-refractivity contribution in [3.63, 3.8) is 0 Å². The summed E-state index contributed by atoms with van der Waals surface area (Å²) in [7, 11) is 0. The van der Waals surface area contributed by atoms with Crippen molar-refractivity contribution in [2.45, 2.75) is 6.04 Å². The highest BCUT2D eigenvalue weighted by Crippen LogP contribution is 2.30. The minimum absolute atomic E-state index is 0.117. The van der Waals surface area contributed by atoms with E-state index in [1.165, 1.54) is 17.4 Å². The summed E-state index contributed by atoms with van der Waals surface area (Å²) < 4.78 is 13.9. The predicted molar refractivity (Wildman–Crippen MR) is 55.8 cm³/mol. The summed E-state index contributed by atoms with van der Waals surface area (Å²) in [4.78, 5) is 0.813. The number of benzene rings is 1. The Morgan fingerprint density at radius 3 is 2.93 bits per heavy atom. The lowest BCUT2D eigenvalue weighted by atomic mass is 10.2. The molecule has 2 nitrogen and oxygen atoms in total. The van der Waals surface area contributed by atoms with Gasteiger partial charge in [0.05, 0.1) is 17.3 Å². The molecular formula is C10H10FNOS. The molecular weight excluding hydrogens is 201 g/mol. The quantitative estimate of drug-likeness (QED) is 0.798. The van der Waals surface area contributed by atoms with Gasteiger partial charge in [-0.3, -0.25) is 0 Å². The summed E-state index contributed by atoms with van der Waals surface area (Å²) >= 11 is 1.30. The van der Waals surface area contributed by atoms with E-state index < -0.39 is 6.04 Å². The first-order chi connectivity index (χ1) is 6.72. The van der Waals surface area contributed by atoms with Gasteiger partial charge in [-0.25, -0.2) is 4.39 Å². The average molecular weight is 211 g/mol. The van der Waals surface area contributed by atoms with Crippen molar-refractivity contribution in [3.05, 3.63) is 35.0 Å². The molecule has 2 rings (SSSR count). The van der Waals surface area contributed by atoms with E-state index in [-0.39, 0.29) is 12.4 Å². The normalized spacial score (nSPS) is 13.4. The first-order valence-electron chi connectivity index (χ1n) is 4.27. The van der Waals surface area contributed by atoms with Gasteiger partial charge in [0.1, 0.15) is 5.82 Å². The zero-order valence-corrected chi connectivity index (χ0v) is 8.22. The molecule has 0 saturated heterocycles. The second-order valence-electron chi connectivity index (χ2n) is 3.10. The second kappa shape index (κ2) is 3.65. The van der Waals surface area contributed by atoms with Crippen molar-refractivity contribution in [2.75, 3.05) is 6.61 Å². The Kier molecular flexibility index (Phi) is 2.50. The fraction of sp³-hybridized carbons (Fsp3) is 0.200. The Hall–Kier alpha value is -0.970. The highest BCUT2D eigenvalue weighted by Gasteiger charge is 2.10. The minimum Gasteiger partial charge on any atom is -0.394 e. The van der Waals surface area contributed by atoms with Crippen LogP contribution in [0.1, 0.15) is 10.9 Å². The summed E-state index contributed by atoms with van der Waals surface area (Å²) in [5.74, 6) is -0.233. The van der Waals surface area contributed by atoms with E-state index in [0.717, 1.165) is 10.3 Å². The molecule has 0 fully saturated rings. The van der Waals surface area contributed by atoms with Crippen molar-refractivity contribution < 1.29 is 9.50 Å². The van der Waals surface area contributed by atoms with Gasteiger partial charge in [0.15, 0.2) is 0 Å². The van der Waals surface area contributed by atoms with Gasteiger partial charge < -0.3 is 10.8 Å². The lowest BCUT2D eigenvalue weighted by Gasteiger charge is -2.02. The van der Waals surface area contributed by atoms with Gasteiger partial charge in [-0.2, -0.15) is 0 Å². The lowest BCUT2D eigenvalue weighted by Crippen LogP contribution is -2.12. The first kappa shape index (κ1) is 9.58. The highest BCUT2D eigenvalue weighted by atomic mass is 32.1. The third-order valence-corrected chi connectivity index (χ3v) is 3.37. The van der Waals surface area contributed by atoms with Crippen molar-refractivity contribution >= 4 is 21.4 Å². The van der Waals surface area contributed by atoms with Crippen LogP contribution >= 0.6 is 11.3 Å². The molecule has 0 spiro atoms. The van der Waals surface area contributed by atoms with Gasteiger partial charge in [-0.15, -0.1) is 11.3 Å². The minimum atomic E-state index is -0.410. The zero-order chi connectivity index (χ0) is 10.1. The Bertz CT molecular complexity index is 454. The van der Waals surface area contributed by atoms with E-state index in [1.807, 2.05) is 12.1 Å².